The van der Waals surface area contributed by atoms with Gasteiger partial charge in [0.15, 0.2) is 11.5 Å². The van der Waals surface area contributed by atoms with Crippen molar-refractivity contribution in [3.63, 3.8) is 0 Å². The molecule has 0 saturated carbocycles. The maximum absolute atomic E-state index is 11.9. The predicted octanol–water partition coefficient (Wildman–Crippen LogP) is 2.05. The van der Waals surface area contributed by atoms with Crippen molar-refractivity contribution < 1.29 is 14.3 Å². The van der Waals surface area contributed by atoms with E-state index in [0.717, 1.165) is 0 Å². The van der Waals surface area contributed by atoms with Crippen molar-refractivity contribution in [3.8, 4) is 11.5 Å². The molecule has 2 rings (SSSR count). The number of carbonyl (C=O) groups is 1. The highest BCUT2D eigenvalue weighted by Crippen LogP contribution is 2.29. The van der Waals surface area contributed by atoms with Crippen LogP contribution in [0.2, 0.25) is 0 Å². The number of hydrogen-bond donors (Lipinski definition) is 2. The zero-order valence-corrected chi connectivity index (χ0v) is 12.4. The number of nitrogens with zero attached hydrogens (tertiary/aromatic N) is 1. The van der Waals surface area contributed by atoms with Gasteiger partial charge in [0.05, 0.1) is 20.4 Å². The predicted molar refractivity (Wildman–Crippen MR) is 85.5 cm³/mol. The van der Waals surface area contributed by atoms with Crippen LogP contribution in [0, 0.1) is 0 Å². The van der Waals surface area contributed by atoms with Crippen molar-refractivity contribution in [2.45, 2.75) is 0 Å². The number of amides is 1. The first kappa shape index (κ1) is 15.4. The van der Waals surface area contributed by atoms with E-state index in [2.05, 4.69) is 10.5 Å². The second-order valence-corrected chi connectivity index (χ2v) is 4.41. The molecule has 0 fully saturated rings. The minimum Gasteiger partial charge on any atom is -0.493 e. The molecule has 114 valence electrons. The summed E-state index contributed by atoms with van der Waals surface area (Å²) in [5, 5.41) is 3.93. The van der Waals surface area contributed by atoms with Gasteiger partial charge in [-0.15, -0.1) is 0 Å². The topological polar surface area (TPSA) is 85.9 Å². The van der Waals surface area contributed by atoms with Crippen molar-refractivity contribution in [2.24, 2.45) is 5.10 Å². The van der Waals surface area contributed by atoms with Gasteiger partial charge in [0.1, 0.15) is 0 Å². The van der Waals surface area contributed by atoms with Gasteiger partial charge >= 0.3 is 0 Å². The molecule has 6 heteroatoms. The van der Waals surface area contributed by atoms with Gasteiger partial charge in [-0.2, -0.15) is 5.10 Å². The molecule has 0 aromatic heterocycles. The number of ether oxygens (including phenoxy) is 2. The molecule has 0 saturated heterocycles. The van der Waals surface area contributed by atoms with Crippen molar-refractivity contribution in [3.05, 3.63) is 53.6 Å². The summed E-state index contributed by atoms with van der Waals surface area (Å²) < 4.78 is 10.5. The van der Waals surface area contributed by atoms with Gasteiger partial charge in [-0.25, -0.2) is 5.43 Å². The van der Waals surface area contributed by atoms with E-state index < -0.39 is 0 Å². The van der Waals surface area contributed by atoms with Crippen LogP contribution >= 0.6 is 0 Å². The Morgan fingerprint density at radius 1 is 1.18 bits per heavy atom. The second kappa shape index (κ2) is 7.12. The monoisotopic (exact) mass is 299 g/mol. The molecule has 0 atom stereocenters. The lowest BCUT2D eigenvalue weighted by atomic mass is 10.2. The second-order valence-electron chi connectivity index (χ2n) is 4.41. The summed E-state index contributed by atoms with van der Waals surface area (Å²) in [6, 6.07) is 12.0. The highest BCUT2D eigenvalue weighted by atomic mass is 16.5. The molecule has 0 aliphatic carbocycles. The van der Waals surface area contributed by atoms with E-state index in [9.17, 15) is 4.79 Å². The molecule has 3 N–H and O–H groups in total. The van der Waals surface area contributed by atoms with Crippen LogP contribution in [0.4, 0.5) is 5.69 Å². The Labute approximate surface area is 128 Å². The number of nitrogen functional groups attached to an aromatic ring is 1. The Morgan fingerprint density at radius 3 is 2.64 bits per heavy atom. The first-order valence-electron chi connectivity index (χ1n) is 6.55. The number of rotatable bonds is 5. The number of nitrogens with one attached hydrogen (secondary N) is 1. The summed E-state index contributed by atoms with van der Waals surface area (Å²) >= 11 is 0. The fourth-order valence-electron chi connectivity index (χ4n) is 1.92. The highest BCUT2D eigenvalue weighted by Gasteiger charge is 2.08. The fraction of sp³-hybridized carbons (Fsp3) is 0.125. The lowest BCUT2D eigenvalue weighted by Gasteiger charge is -2.09. The number of methoxy groups -OCH3 is 2. The van der Waals surface area contributed by atoms with Crippen LogP contribution in [0.1, 0.15) is 15.9 Å². The third-order valence-corrected chi connectivity index (χ3v) is 2.95. The average Bonchev–Trinajstić information content (AvgIpc) is 2.54. The highest BCUT2D eigenvalue weighted by molar-refractivity contribution is 5.95. The minimum absolute atomic E-state index is 0.342. The van der Waals surface area contributed by atoms with Gasteiger partial charge in [0.2, 0.25) is 0 Å². The first-order chi connectivity index (χ1) is 10.7. The maximum Gasteiger partial charge on any atom is 0.271 e. The number of hydrazone groups is 1. The van der Waals surface area contributed by atoms with Gasteiger partial charge < -0.3 is 15.2 Å². The summed E-state index contributed by atoms with van der Waals surface area (Å²) in [6.45, 7) is 0. The smallest absolute Gasteiger partial charge is 0.271 e. The zero-order valence-electron chi connectivity index (χ0n) is 12.4. The van der Waals surface area contributed by atoms with E-state index in [-0.39, 0.29) is 5.91 Å². The van der Waals surface area contributed by atoms with Crippen molar-refractivity contribution >= 4 is 17.8 Å². The van der Waals surface area contributed by atoms with Gasteiger partial charge in [0, 0.05) is 16.8 Å². The van der Waals surface area contributed by atoms with Crippen LogP contribution in [-0.4, -0.2) is 26.3 Å². The van der Waals surface area contributed by atoms with E-state index in [1.807, 2.05) is 6.07 Å². The van der Waals surface area contributed by atoms with E-state index in [0.29, 0.717) is 28.3 Å². The van der Waals surface area contributed by atoms with Crippen molar-refractivity contribution in [2.75, 3.05) is 20.0 Å². The number of benzene rings is 2. The molecular weight excluding hydrogens is 282 g/mol. The number of nitrogens with two attached hydrogens (primary N) is 1. The summed E-state index contributed by atoms with van der Waals surface area (Å²) in [5.74, 6) is 0.797. The van der Waals surface area contributed by atoms with Crippen LogP contribution < -0.4 is 20.6 Å². The Bertz CT molecular complexity index is 699. The molecule has 1 amide bonds. The van der Waals surface area contributed by atoms with Crippen LogP contribution in [0.15, 0.2) is 47.6 Å². The molecule has 2 aromatic rings. The summed E-state index contributed by atoms with van der Waals surface area (Å²) in [6.07, 6.45) is 1.49. The third kappa shape index (κ3) is 3.54. The quantitative estimate of drug-likeness (QED) is 0.502. The lowest BCUT2D eigenvalue weighted by molar-refractivity contribution is 0.0955. The Hall–Kier alpha value is -3.02. The summed E-state index contributed by atoms with van der Waals surface area (Å²) in [5.41, 5.74) is 9.73. The maximum atomic E-state index is 11.9. The molecule has 0 bridgehead atoms. The van der Waals surface area contributed by atoms with E-state index in [4.69, 9.17) is 15.2 Å². The molecule has 0 unspecified atom stereocenters. The average molecular weight is 299 g/mol. The third-order valence-electron chi connectivity index (χ3n) is 2.95. The van der Waals surface area contributed by atoms with Crippen LogP contribution in [0.5, 0.6) is 11.5 Å². The number of anilines is 1. The standard InChI is InChI=1S/C16H17N3O3/c1-21-14-8-4-6-12(15(14)22-2)10-18-19-16(20)11-5-3-7-13(17)9-11/h3-10H,17H2,1-2H3,(H,19,20)/b18-10-. The normalized spacial score (nSPS) is 10.5. The van der Waals surface area contributed by atoms with Crippen molar-refractivity contribution in [1.29, 1.82) is 0 Å². The Balaban J connectivity index is 2.11. The largest absolute Gasteiger partial charge is 0.493 e. The van der Waals surface area contributed by atoms with Gasteiger partial charge in [-0.05, 0) is 30.3 Å². The molecule has 6 nitrogen and oxygen atoms in total. The SMILES string of the molecule is COc1cccc(/C=N\NC(=O)c2cccc(N)c2)c1OC. The van der Waals surface area contributed by atoms with Crippen LogP contribution in [0.25, 0.3) is 0 Å². The van der Waals surface area contributed by atoms with Crippen molar-refractivity contribution in [1.82, 2.24) is 5.43 Å². The minimum atomic E-state index is -0.342. The van der Waals surface area contributed by atoms with Gasteiger partial charge in [0.25, 0.3) is 5.91 Å². The van der Waals surface area contributed by atoms with Gasteiger partial charge in [-0.3, -0.25) is 4.79 Å². The van der Waals surface area contributed by atoms with E-state index in [1.165, 1.54) is 6.21 Å². The van der Waals surface area contributed by atoms with E-state index in [1.54, 1.807) is 50.6 Å². The van der Waals surface area contributed by atoms with Crippen LogP contribution in [0.3, 0.4) is 0 Å². The molecular formula is C16H17N3O3. The fourth-order valence-corrected chi connectivity index (χ4v) is 1.92. The van der Waals surface area contributed by atoms with Crippen LogP contribution in [-0.2, 0) is 0 Å². The Kier molecular flexibility index (Phi) is 4.98. The summed E-state index contributed by atoms with van der Waals surface area (Å²) in [7, 11) is 3.10. The molecule has 0 heterocycles. The molecule has 0 radical (unpaired) electrons. The zero-order chi connectivity index (χ0) is 15.9. The molecule has 2 aromatic carbocycles. The lowest BCUT2D eigenvalue weighted by Crippen LogP contribution is -2.17. The first-order valence-corrected chi connectivity index (χ1v) is 6.55. The molecule has 0 aliphatic heterocycles. The number of carbonyl (C=O) groups excluding carboxylic acids is 1. The molecule has 0 aliphatic rings. The Morgan fingerprint density at radius 2 is 1.95 bits per heavy atom. The molecule has 22 heavy (non-hydrogen) atoms. The molecule has 0 spiro atoms. The van der Waals surface area contributed by atoms with Gasteiger partial charge in [-0.1, -0.05) is 12.1 Å². The number of para-hydroxylation sites is 1. The number of hydrogen-bond acceptors (Lipinski definition) is 5. The van der Waals surface area contributed by atoms with E-state index >= 15 is 0 Å². The summed E-state index contributed by atoms with van der Waals surface area (Å²) in [4.78, 5) is 11.9.